The Kier molecular flexibility index (Phi) is 2.97. The van der Waals surface area contributed by atoms with Gasteiger partial charge in [-0.3, -0.25) is 4.79 Å². The molecule has 0 bridgehead atoms. The minimum absolute atomic E-state index is 0.289. The van der Waals surface area contributed by atoms with Crippen LogP contribution in [0.1, 0.15) is 37.8 Å². The molecular formula is C21H23FN4O. The fraction of sp³-hybridized carbons (Fsp3) is 0.524. The first-order valence-corrected chi connectivity index (χ1v) is 10.00. The van der Waals surface area contributed by atoms with Crippen LogP contribution in [0.2, 0.25) is 0 Å². The Morgan fingerprint density at radius 3 is 2.85 bits per heavy atom. The third kappa shape index (κ3) is 2.15. The SMILES string of the molecule is O=C(N1CCC2(C1)c1cccn1-c1ncccc1N2CC1CC1)C1(F)CC1. The fourth-order valence-corrected chi connectivity index (χ4v) is 4.93. The van der Waals surface area contributed by atoms with Gasteiger partial charge in [0.1, 0.15) is 5.54 Å². The molecule has 0 radical (unpaired) electrons. The molecule has 2 aliphatic heterocycles. The molecule has 1 atom stereocenters. The van der Waals surface area contributed by atoms with Gasteiger partial charge in [0, 0.05) is 32.0 Å². The van der Waals surface area contributed by atoms with E-state index < -0.39 is 5.67 Å². The van der Waals surface area contributed by atoms with Crippen LogP contribution in [0.4, 0.5) is 10.1 Å². The Morgan fingerprint density at radius 2 is 2.07 bits per heavy atom. The zero-order chi connectivity index (χ0) is 18.2. The van der Waals surface area contributed by atoms with Crippen molar-refractivity contribution in [2.75, 3.05) is 24.5 Å². The van der Waals surface area contributed by atoms with Crippen LogP contribution < -0.4 is 4.90 Å². The zero-order valence-electron chi connectivity index (χ0n) is 15.3. The first kappa shape index (κ1) is 15.7. The summed E-state index contributed by atoms with van der Waals surface area (Å²) < 4.78 is 16.6. The lowest BCUT2D eigenvalue weighted by molar-refractivity contribution is -0.137. The summed E-state index contributed by atoms with van der Waals surface area (Å²) in [6.45, 7) is 2.15. The van der Waals surface area contributed by atoms with Crippen molar-refractivity contribution < 1.29 is 9.18 Å². The van der Waals surface area contributed by atoms with Gasteiger partial charge < -0.3 is 14.4 Å². The third-order valence-electron chi connectivity index (χ3n) is 6.77. The highest BCUT2D eigenvalue weighted by atomic mass is 19.1. The third-order valence-corrected chi connectivity index (χ3v) is 6.77. The minimum Gasteiger partial charge on any atom is -0.355 e. The highest BCUT2D eigenvalue weighted by Gasteiger charge is 2.57. The molecule has 1 unspecified atom stereocenters. The summed E-state index contributed by atoms with van der Waals surface area (Å²) >= 11 is 0. The first-order chi connectivity index (χ1) is 13.1. The molecule has 0 aromatic carbocycles. The van der Waals surface area contributed by atoms with Gasteiger partial charge in [-0.25, -0.2) is 9.37 Å². The second kappa shape index (κ2) is 5.12. The molecule has 3 fully saturated rings. The number of likely N-dealkylation sites (tertiary alicyclic amines) is 1. The predicted molar refractivity (Wildman–Crippen MR) is 99.6 cm³/mol. The van der Waals surface area contributed by atoms with Crippen molar-refractivity contribution in [3.63, 3.8) is 0 Å². The maximum Gasteiger partial charge on any atom is 0.260 e. The van der Waals surface area contributed by atoms with Crippen molar-refractivity contribution in [3.8, 4) is 5.82 Å². The van der Waals surface area contributed by atoms with E-state index in [0.29, 0.717) is 31.8 Å². The Morgan fingerprint density at radius 1 is 1.22 bits per heavy atom. The largest absolute Gasteiger partial charge is 0.355 e. The van der Waals surface area contributed by atoms with E-state index in [1.165, 1.54) is 18.5 Å². The molecule has 1 saturated heterocycles. The zero-order valence-corrected chi connectivity index (χ0v) is 15.3. The van der Waals surface area contributed by atoms with Gasteiger partial charge in [-0.1, -0.05) is 0 Å². The average Bonchev–Trinajstić information content (AvgIpc) is 3.54. The van der Waals surface area contributed by atoms with Crippen LogP contribution in [0.5, 0.6) is 0 Å². The molecule has 5 nitrogen and oxygen atoms in total. The molecule has 1 amide bonds. The number of pyridine rings is 1. The van der Waals surface area contributed by atoms with Crippen LogP contribution in [-0.2, 0) is 10.3 Å². The molecule has 27 heavy (non-hydrogen) atoms. The van der Waals surface area contributed by atoms with Crippen LogP contribution in [0.3, 0.4) is 0 Å². The summed E-state index contributed by atoms with van der Waals surface area (Å²) in [5.74, 6) is 1.36. The van der Waals surface area contributed by atoms with Crippen molar-refractivity contribution in [1.29, 1.82) is 0 Å². The number of carbonyl (C=O) groups excluding carboxylic acids is 1. The van der Waals surface area contributed by atoms with Gasteiger partial charge in [0.15, 0.2) is 11.5 Å². The lowest BCUT2D eigenvalue weighted by Crippen LogP contribution is -2.54. The summed E-state index contributed by atoms with van der Waals surface area (Å²) in [4.78, 5) is 21.6. The normalized spacial score (nSPS) is 27.6. The lowest BCUT2D eigenvalue weighted by Gasteiger charge is -2.47. The quantitative estimate of drug-likeness (QED) is 0.838. The molecule has 6 heteroatoms. The van der Waals surface area contributed by atoms with Gasteiger partial charge in [-0.05, 0) is 62.3 Å². The molecule has 4 aliphatic rings. The highest BCUT2D eigenvalue weighted by molar-refractivity contribution is 5.88. The molecule has 2 aliphatic carbocycles. The van der Waals surface area contributed by atoms with E-state index in [1.54, 1.807) is 4.90 Å². The monoisotopic (exact) mass is 366 g/mol. The number of halogens is 1. The molecule has 140 valence electrons. The van der Waals surface area contributed by atoms with Crippen LogP contribution in [-0.4, -0.2) is 45.7 Å². The Labute approximate surface area is 157 Å². The number of alkyl halides is 1. The summed E-state index contributed by atoms with van der Waals surface area (Å²) in [7, 11) is 0. The lowest BCUT2D eigenvalue weighted by atomic mass is 9.88. The van der Waals surface area contributed by atoms with Gasteiger partial charge in [-0.2, -0.15) is 0 Å². The van der Waals surface area contributed by atoms with E-state index >= 15 is 0 Å². The van der Waals surface area contributed by atoms with Crippen molar-refractivity contribution >= 4 is 11.6 Å². The Balaban J connectivity index is 1.46. The predicted octanol–water partition coefficient (Wildman–Crippen LogP) is 3.03. The minimum atomic E-state index is -1.59. The molecular weight excluding hydrogens is 343 g/mol. The highest BCUT2D eigenvalue weighted by Crippen LogP contribution is 2.50. The number of aromatic nitrogens is 2. The molecule has 6 rings (SSSR count). The molecule has 2 aromatic heterocycles. The molecule has 1 spiro atoms. The topological polar surface area (TPSA) is 41.4 Å². The summed E-state index contributed by atoms with van der Waals surface area (Å²) in [5, 5.41) is 0. The van der Waals surface area contributed by atoms with E-state index in [1.807, 2.05) is 12.3 Å². The van der Waals surface area contributed by atoms with Gasteiger partial charge in [0.25, 0.3) is 5.91 Å². The second-order valence-corrected chi connectivity index (χ2v) is 8.64. The summed E-state index contributed by atoms with van der Waals surface area (Å²) in [6, 6.07) is 8.32. The van der Waals surface area contributed by atoms with Gasteiger partial charge in [0.05, 0.1) is 11.4 Å². The Bertz CT molecular complexity index is 932. The summed E-state index contributed by atoms with van der Waals surface area (Å²) in [6.07, 6.45) is 8.01. The molecule has 0 N–H and O–H groups in total. The van der Waals surface area contributed by atoms with Crippen molar-refractivity contribution in [1.82, 2.24) is 14.5 Å². The van der Waals surface area contributed by atoms with E-state index in [9.17, 15) is 9.18 Å². The molecule has 2 saturated carbocycles. The van der Waals surface area contributed by atoms with Crippen LogP contribution >= 0.6 is 0 Å². The fourth-order valence-electron chi connectivity index (χ4n) is 4.93. The van der Waals surface area contributed by atoms with E-state index in [-0.39, 0.29) is 11.4 Å². The number of amides is 1. The average molecular weight is 366 g/mol. The number of rotatable bonds is 3. The van der Waals surface area contributed by atoms with E-state index in [2.05, 4.69) is 38.8 Å². The number of nitrogens with zero attached hydrogens (tertiary/aromatic N) is 4. The maximum absolute atomic E-state index is 14.5. The van der Waals surface area contributed by atoms with Crippen molar-refractivity contribution in [3.05, 3.63) is 42.4 Å². The van der Waals surface area contributed by atoms with Crippen molar-refractivity contribution in [2.24, 2.45) is 5.92 Å². The van der Waals surface area contributed by atoms with Gasteiger partial charge >= 0.3 is 0 Å². The maximum atomic E-state index is 14.5. The van der Waals surface area contributed by atoms with Gasteiger partial charge in [0.2, 0.25) is 0 Å². The standard InChI is InChI=1S/C21H23FN4O/c22-20(7-8-20)19(27)24-12-9-21(14-24)17-4-2-11-25(17)18-16(3-1-10-23-18)26(21)13-15-5-6-15/h1-4,10-11,15H,5-9,12-14H2. The number of hydrogen-bond acceptors (Lipinski definition) is 3. The van der Waals surface area contributed by atoms with Crippen LogP contribution in [0, 0.1) is 5.92 Å². The second-order valence-electron chi connectivity index (χ2n) is 8.64. The molecule has 4 heterocycles. The number of hydrogen-bond donors (Lipinski definition) is 0. The first-order valence-electron chi connectivity index (χ1n) is 10.00. The van der Waals surface area contributed by atoms with Gasteiger partial charge in [-0.15, -0.1) is 0 Å². The van der Waals surface area contributed by atoms with Crippen LogP contribution in [0.25, 0.3) is 5.82 Å². The number of fused-ring (bicyclic) bond motifs is 4. The number of anilines is 1. The van der Waals surface area contributed by atoms with E-state index in [0.717, 1.165) is 24.5 Å². The van der Waals surface area contributed by atoms with Crippen molar-refractivity contribution in [2.45, 2.75) is 43.3 Å². The van der Waals surface area contributed by atoms with Crippen LogP contribution in [0.15, 0.2) is 36.7 Å². The van der Waals surface area contributed by atoms with E-state index in [4.69, 9.17) is 0 Å². The summed E-state index contributed by atoms with van der Waals surface area (Å²) in [5.41, 5.74) is 0.420. The molecule has 2 aromatic rings. The Hall–Kier alpha value is -2.37. The number of carbonyl (C=O) groups is 1. The smallest absolute Gasteiger partial charge is 0.260 e.